The Morgan fingerprint density at radius 3 is 2.19 bits per heavy atom. The molecule has 6 heteroatoms. The van der Waals surface area contributed by atoms with Gasteiger partial charge in [0, 0.05) is 51.9 Å². The fraction of sp³-hybridized carbons (Fsp3) is 0.905. The maximum absolute atomic E-state index is 12.8. The van der Waals surface area contributed by atoms with E-state index in [1.165, 1.54) is 6.42 Å². The number of amides is 2. The highest BCUT2D eigenvalue weighted by molar-refractivity contribution is 5.81. The zero-order chi connectivity index (χ0) is 19.4. The van der Waals surface area contributed by atoms with Gasteiger partial charge in [-0.15, -0.1) is 0 Å². The van der Waals surface area contributed by atoms with Gasteiger partial charge in [0.25, 0.3) is 0 Å². The number of carbonyl (C=O) groups excluding carboxylic acids is 2. The van der Waals surface area contributed by atoms with E-state index in [1.54, 1.807) is 0 Å². The molecule has 0 aromatic rings. The Kier molecular flexibility index (Phi) is 7.15. The second-order valence-corrected chi connectivity index (χ2v) is 8.93. The summed E-state index contributed by atoms with van der Waals surface area (Å²) in [7, 11) is 0. The van der Waals surface area contributed by atoms with Crippen LogP contribution in [0, 0.1) is 5.92 Å². The normalized spacial score (nSPS) is 27.6. The van der Waals surface area contributed by atoms with Crippen molar-refractivity contribution in [2.45, 2.75) is 65.0 Å². The van der Waals surface area contributed by atoms with Crippen LogP contribution < -0.4 is 0 Å². The molecule has 3 rings (SSSR count). The van der Waals surface area contributed by atoms with Crippen molar-refractivity contribution in [1.82, 2.24) is 19.6 Å². The Morgan fingerprint density at radius 2 is 1.56 bits per heavy atom. The van der Waals surface area contributed by atoms with E-state index in [1.807, 2.05) is 0 Å². The molecule has 3 fully saturated rings. The molecule has 0 saturated carbocycles. The third kappa shape index (κ3) is 5.23. The highest BCUT2D eigenvalue weighted by Crippen LogP contribution is 2.19. The summed E-state index contributed by atoms with van der Waals surface area (Å²) in [5, 5.41) is 0. The molecule has 0 radical (unpaired) electrons. The second-order valence-electron chi connectivity index (χ2n) is 8.93. The van der Waals surface area contributed by atoms with Crippen LogP contribution in [0.4, 0.5) is 0 Å². The van der Waals surface area contributed by atoms with Gasteiger partial charge in [-0.05, 0) is 51.9 Å². The zero-order valence-electron chi connectivity index (χ0n) is 17.5. The van der Waals surface area contributed by atoms with Gasteiger partial charge in [0.15, 0.2) is 0 Å². The van der Waals surface area contributed by atoms with Gasteiger partial charge >= 0.3 is 0 Å². The first kappa shape index (κ1) is 20.6. The minimum atomic E-state index is -0.0432. The molecule has 0 spiro atoms. The standard InChI is InChI=1S/C21H38N4O2/c1-17-7-10-24(11-8-17)21(27)19(3)23-14-12-22(13-15-23)16-20(26)25-9-5-4-6-18(25)2/h17-19H,4-16H2,1-3H3. The van der Waals surface area contributed by atoms with E-state index in [9.17, 15) is 9.59 Å². The summed E-state index contributed by atoms with van der Waals surface area (Å²) in [5.41, 5.74) is 0. The summed E-state index contributed by atoms with van der Waals surface area (Å²) < 4.78 is 0. The smallest absolute Gasteiger partial charge is 0.239 e. The van der Waals surface area contributed by atoms with Crippen molar-refractivity contribution in [3.05, 3.63) is 0 Å². The number of carbonyl (C=O) groups is 2. The molecule has 6 nitrogen and oxygen atoms in total. The number of piperazine rings is 1. The molecule has 0 aromatic heterocycles. The highest BCUT2D eigenvalue weighted by Gasteiger charge is 2.31. The van der Waals surface area contributed by atoms with Gasteiger partial charge in [0.2, 0.25) is 11.8 Å². The first-order valence-corrected chi connectivity index (χ1v) is 11.0. The quantitative estimate of drug-likeness (QED) is 0.746. The zero-order valence-corrected chi connectivity index (χ0v) is 17.5. The Hall–Kier alpha value is -1.14. The van der Waals surface area contributed by atoms with Gasteiger partial charge in [0.1, 0.15) is 0 Å². The van der Waals surface area contributed by atoms with Crippen LogP contribution in [-0.2, 0) is 9.59 Å². The van der Waals surface area contributed by atoms with Gasteiger partial charge < -0.3 is 9.80 Å². The van der Waals surface area contributed by atoms with E-state index in [2.05, 4.69) is 40.4 Å². The minimum absolute atomic E-state index is 0.0432. The molecule has 0 aromatic carbocycles. The largest absolute Gasteiger partial charge is 0.341 e. The molecule has 3 aliphatic rings. The third-order valence-corrected chi connectivity index (χ3v) is 6.89. The van der Waals surface area contributed by atoms with E-state index in [4.69, 9.17) is 0 Å². The van der Waals surface area contributed by atoms with Gasteiger partial charge in [-0.25, -0.2) is 0 Å². The Bertz CT molecular complexity index is 510. The molecule has 2 amide bonds. The van der Waals surface area contributed by atoms with Crippen LogP contribution in [0.5, 0.6) is 0 Å². The number of hydrogen-bond donors (Lipinski definition) is 0. The lowest BCUT2D eigenvalue weighted by molar-refractivity contribution is -0.140. The summed E-state index contributed by atoms with van der Waals surface area (Å²) in [6, 6.07) is 0.343. The molecule has 2 atom stereocenters. The maximum atomic E-state index is 12.8. The van der Waals surface area contributed by atoms with Gasteiger partial charge in [-0.2, -0.15) is 0 Å². The van der Waals surface area contributed by atoms with E-state index in [0.29, 0.717) is 12.6 Å². The number of hydrogen-bond acceptors (Lipinski definition) is 4. The summed E-state index contributed by atoms with van der Waals surface area (Å²) in [5.74, 6) is 1.31. The summed E-state index contributed by atoms with van der Waals surface area (Å²) in [6.45, 7) is 13.3. The summed E-state index contributed by atoms with van der Waals surface area (Å²) >= 11 is 0. The Morgan fingerprint density at radius 1 is 0.889 bits per heavy atom. The van der Waals surface area contributed by atoms with Crippen molar-refractivity contribution in [3.63, 3.8) is 0 Å². The number of likely N-dealkylation sites (tertiary alicyclic amines) is 2. The van der Waals surface area contributed by atoms with Crippen molar-refractivity contribution in [2.75, 3.05) is 52.4 Å². The molecule has 0 bridgehead atoms. The lowest BCUT2D eigenvalue weighted by Gasteiger charge is -2.41. The minimum Gasteiger partial charge on any atom is -0.341 e. The predicted molar refractivity (Wildman–Crippen MR) is 107 cm³/mol. The molecule has 3 aliphatic heterocycles. The Balaban J connectivity index is 1.42. The molecule has 3 saturated heterocycles. The average Bonchev–Trinajstić information content (AvgIpc) is 2.68. The number of nitrogens with zero attached hydrogens (tertiary/aromatic N) is 4. The Labute approximate surface area is 164 Å². The predicted octanol–water partition coefficient (Wildman–Crippen LogP) is 1.65. The molecule has 154 valence electrons. The van der Waals surface area contributed by atoms with Crippen LogP contribution in [0.15, 0.2) is 0 Å². The molecule has 2 unspecified atom stereocenters. The molecule has 3 heterocycles. The lowest BCUT2D eigenvalue weighted by Crippen LogP contribution is -2.56. The van der Waals surface area contributed by atoms with Crippen molar-refractivity contribution in [3.8, 4) is 0 Å². The van der Waals surface area contributed by atoms with Crippen LogP contribution in [0.1, 0.15) is 52.9 Å². The van der Waals surface area contributed by atoms with Crippen LogP contribution in [0.3, 0.4) is 0 Å². The van der Waals surface area contributed by atoms with E-state index in [-0.39, 0.29) is 17.9 Å². The van der Waals surface area contributed by atoms with Crippen LogP contribution in [0.25, 0.3) is 0 Å². The highest BCUT2D eigenvalue weighted by atomic mass is 16.2. The SMILES string of the molecule is CC1CCN(C(=O)C(C)N2CCN(CC(=O)N3CCCCC3C)CC2)CC1. The number of rotatable bonds is 4. The third-order valence-electron chi connectivity index (χ3n) is 6.89. The first-order chi connectivity index (χ1) is 13.0. The van der Waals surface area contributed by atoms with E-state index >= 15 is 0 Å². The fourth-order valence-electron chi connectivity index (χ4n) is 4.71. The van der Waals surface area contributed by atoms with Gasteiger partial charge in [-0.1, -0.05) is 6.92 Å². The average molecular weight is 379 g/mol. The molecular formula is C21H38N4O2. The molecular weight excluding hydrogens is 340 g/mol. The van der Waals surface area contributed by atoms with Gasteiger partial charge in [-0.3, -0.25) is 19.4 Å². The maximum Gasteiger partial charge on any atom is 0.239 e. The summed E-state index contributed by atoms with van der Waals surface area (Å²) in [6.07, 6.45) is 5.77. The first-order valence-electron chi connectivity index (χ1n) is 11.0. The van der Waals surface area contributed by atoms with Crippen LogP contribution in [-0.4, -0.2) is 95.9 Å². The number of piperidine rings is 2. The van der Waals surface area contributed by atoms with Crippen molar-refractivity contribution in [2.24, 2.45) is 5.92 Å². The summed E-state index contributed by atoms with van der Waals surface area (Å²) in [4.78, 5) is 34.1. The molecule has 0 N–H and O–H groups in total. The monoisotopic (exact) mass is 378 g/mol. The molecule has 0 aliphatic carbocycles. The lowest BCUT2D eigenvalue weighted by atomic mass is 9.98. The van der Waals surface area contributed by atoms with Gasteiger partial charge in [0.05, 0.1) is 12.6 Å². The van der Waals surface area contributed by atoms with Crippen molar-refractivity contribution < 1.29 is 9.59 Å². The van der Waals surface area contributed by atoms with Crippen LogP contribution >= 0.6 is 0 Å². The topological polar surface area (TPSA) is 47.1 Å². The van der Waals surface area contributed by atoms with Crippen LogP contribution in [0.2, 0.25) is 0 Å². The van der Waals surface area contributed by atoms with Crippen molar-refractivity contribution in [1.29, 1.82) is 0 Å². The second kappa shape index (κ2) is 9.37. The van der Waals surface area contributed by atoms with E-state index in [0.717, 1.165) is 77.4 Å². The fourth-order valence-corrected chi connectivity index (χ4v) is 4.71. The van der Waals surface area contributed by atoms with Crippen molar-refractivity contribution >= 4 is 11.8 Å². The van der Waals surface area contributed by atoms with E-state index < -0.39 is 0 Å². The molecule has 27 heavy (non-hydrogen) atoms.